The van der Waals surface area contributed by atoms with E-state index in [1.165, 1.54) is 0 Å². The van der Waals surface area contributed by atoms with Crippen molar-refractivity contribution in [3.05, 3.63) is 46.5 Å². The summed E-state index contributed by atoms with van der Waals surface area (Å²) in [6.07, 6.45) is 3.67. The lowest BCUT2D eigenvalue weighted by atomic mass is 9.81. The Balaban J connectivity index is 1.69. The molecule has 4 rings (SSSR count). The van der Waals surface area contributed by atoms with Crippen molar-refractivity contribution < 1.29 is 9.90 Å². The first-order valence-electron chi connectivity index (χ1n) is 10.1. The Labute approximate surface area is 168 Å². The molecule has 0 amide bonds. The molecule has 1 aromatic carbocycles. The third-order valence-corrected chi connectivity index (χ3v) is 5.57. The van der Waals surface area contributed by atoms with Crippen LogP contribution in [-0.4, -0.2) is 30.6 Å². The van der Waals surface area contributed by atoms with Crippen LogP contribution in [0, 0.1) is 5.92 Å². The zero-order valence-electron chi connectivity index (χ0n) is 16.4. The van der Waals surface area contributed by atoms with Gasteiger partial charge in [0.15, 0.2) is 11.2 Å². The molecule has 3 N–H and O–H groups in total. The minimum atomic E-state index is -0.722. The van der Waals surface area contributed by atoms with Crippen molar-refractivity contribution in [1.29, 1.82) is 0 Å². The molecule has 0 radical (unpaired) electrons. The van der Waals surface area contributed by atoms with Gasteiger partial charge >= 0.3 is 5.97 Å². The molecule has 8 heteroatoms. The van der Waals surface area contributed by atoms with Gasteiger partial charge in [0.05, 0.1) is 5.92 Å². The summed E-state index contributed by atoms with van der Waals surface area (Å²) in [6, 6.07) is 9.52. The van der Waals surface area contributed by atoms with Gasteiger partial charge in [-0.25, -0.2) is 4.98 Å². The smallest absolute Gasteiger partial charge is 0.306 e. The topological polar surface area (TPSA) is 113 Å². The normalized spacial score (nSPS) is 19.3. The van der Waals surface area contributed by atoms with Crippen molar-refractivity contribution in [3.8, 4) is 0 Å². The summed E-state index contributed by atoms with van der Waals surface area (Å²) in [6.45, 7) is 2.74. The Bertz CT molecular complexity index is 1070. The zero-order valence-corrected chi connectivity index (χ0v) is 16.4. The van der Waals surface area contributed by atoms with Gasteiger partial charge in [-0.1, -0.05) is 25.1 Å². The highest BCUT2D eigenvalue weighted by atomic mass is 16.4. The summed E-state index contributed by atoms with van der Waals surface area (Å²) in [4.78, 5) is 36.2. The van der Waals surface area contributed by atoms with Crippen LogP contribution in [-0.2, 0) is 11.3 Å². The van der Waals surface area contributed by atoms with Crippen LogP contribution in [0.15, 0.2) is 35.1 Å². The Morgan fingerprint density at radius 1 is 1.21 bits per heavy atom. The number of aromatic amines is 1. The maximum Gasteiger partial charge on any atom is 0.306 e. The Hall–Kier alpha value is -3.16. The maximum atomic E-state index is 12.8. The van der Waals surface area contributed by atoms with Gasteiger partial charge in [0, 0.05) is 18.2 Å². The number of anilines is 2. The number of imidazole rings is 1. The number of rotatable bonds is 6. The fourth-order valence-electron chi connectivity index (χ4n) is 4.14. The van der Waals surface area contributed by atoms with Gasteiger partial charge in [0.25, 0.3) is 5.56 Å². The molecule has 29 heavy (non-hydrogen) atoms. The fourth-order valence-corrected chi connectivity index (χ4v) is 4.14. The van der Waals surface area contributed by atoms with Crippen LogP contribution in [0.3, 0.4) is 0 Å². The van der Waals surface area contributed by atoms with Gasteiger partial charge < -0.3 is 15.0 Å². The second kappa shape index (κ2) is 8.06. The van der Waals surface area contributed by atoms with Gasteiger partial charge in [-0.15, -0.1) is 0 Å². The standard InChI is InChI=1S/C21H25N5O3/c1-2-12-26-16-17(23-18(26)13-8-10-14(11-9-13)20(28)29)24-21(25-19(16)27)22-15-6-4-3-5-7-15/h3-7,13-14H,2,8-12H2,1H3,(H,28,29)(H2,22,24,25,27). The first kappa shape index (κ1) is 19.2. The molecule has 8 nitrogen and oxygen atoms in total. The summed E-state index contributed by atoms with van der Waals surface area (Å²) in [5, 5.41) is 12.4. The number of carboxylic acids is 1. The molecule has 0 saturated heterocycles. The van der Waals surface area contributed by atoms with E-state index in [1.54, 1.807) is 0 Å². The number of nitrogens with zero attached hydrogens (tertiary/aromatic N) is 3. The lowest BCUT2D eigenvalue weighted by Gasteiger charge is -2.26. The average molecular weight is 395 g/mol. The van der Waals surface area contributed by atoms with Gasteiger partial charge in [0.1, 0.15) is 5.82 Å². The highest BCUT2D eigenvalue weighted by molar-refractivity contribution is 5.73. The predicted molar refractivity (Wildman–Crippen MR) is 110 cm³/mol. The van der Waals surface area contributed by atoms with Crippen molar-refractivity contribution in [2.45, 2.75) is 51.5 Å². The molecule has 2 heterocycles. The molecule has 0 bridgehead atoms. The molecule has 0 unspecified atom stereocenters. The lowest BCUT2D eigenvalue weighted by Crippen LogP contribution is -2.22. The maximum absolute atomic E-state index is 12.8. The number of para-hydroxylation sites is 1. The molecule has 0 aliphatic heterocycles. The van der Waals surface area contributed by atoms with Crippen LogP contribution >= 0.6 is 0 Å². The number of benzene rings is 1. The Morgan fingerprint density at radius 2 is 1.93 bits per heavy atom. The lowest BCUT2D eigenvalue weighted by molar-refractivity contribution is -0.142. The molecule has 1 aliphatic rings. The SMILES string of the molecule is CCCn1c(C2CCC(C(=O)O)CC2)nc2nc(Nc3ccccc3)[nH]c(=O)c21. The fraction of sp³-hybridized carbons (Fsp3) is 0.429. The number of aryl methyl sites for hydroxylation is 1. The number of hydrogen-bond acceptors (Lipinski definition) is 5. The van der Waals surface area contributed by atoms with Crippen LogP contribution in [0.2, 0.25) is 0 Å². The highest BCUT2D eigenvalue weighted by Crippen LogP contribution is 2.36. The first-order valence-corrected chi connectivity index (χ1v) is 10.1. The number of aromatic nitrogens is 4. The summed E-state index contributed by atoms with van der Waals surface area (Å²) in [5.41, 5.74) is 1.52. The zero-order chi connectivity index (χ0) is 20.4. The van der Waals surface area contributed by atoms with E-state index >= 15 is 0 Å². The van der Waals surface area contributed by atoms with Gasteiger partial charge in [-0.05, 0) is 44.2 Å². The molecule has 3 aromatic rings. The summed E-state index contributed by atoms with van der Waals surface area (Å²) in [7, 11) is 0. The predicted octanol–water partition coefficient (Wildman–Crippen LogP) is 3.63. The van der Waals surface area contributed by atoms with Crippen molar-refractivity contribution in [3.63, 3.8) is 0 Å². The van der Waals surface area contributed by atoms with Crippen LogP contribution < -0.4 is 10.9 Å². The Kier molecular flexibility index (Phi) is 5.33. The average Bonchev–Trinajstić information content (AvgIpc) is 3.08. The molecule has 1 fully saturated rings. The number of fused-ring (bicyclic) bond motifs is 1. The van der Waals surface area contributed by atoms with E-state index in [0.717, 1.165) is 30.8 Å². The molecule has 0 atom stereocenters. The largest absolute Gasteiger partial charge is 0.481 e. The van der Waals surface area contributed by atoms with E-state index in [4.69, 9.17) is 4.98 Å². The molecule has 152 valence electrons. The number of carboxylic acid groups (broad SMARTS) is 1. The van der Waals surface area contributed by atoms with Crippen molar-refractivity contribution >= 4 is 28.8 Å². The highest BCUT2D eigenvalue weighted by Gasteiger charge is 2.30. The third-order valence-electron chi connectivity index (χ3n) is 5.57. The van der Waals surface area contributed by atoms with Crippen LogP contribution in [0.4, 0.5) is 11.6 Å². The minimum Gasteiger partial charge on any atom is -0.481 e. The molecular formula is C21H25N5O3. The second-order valence-electron chi connectivity index (χ2n) is 7.59. The van der Waals surface area contributed by atoms with Crippen LogP contribution in [0.25, 0.3) is 11.2 Å². The van der Waals surface area contributed by atoms with Crippen molar-refractivity contribution in [2.75, 3.05) is 5.32 Å². The van der Waals surface area contributed by atoms with Gasteiger partial charge in [-0.2, -0.15) is 4.98 Å². The number of nitrogens with one attached hydrogen (secondary N) is 2. The monoisotopic (exact) mass is 395 g/mol. The first-order chi connectivity index (χ1) is 14.1. The summed E-state index contributed by atoms with van der Waals surface area (Å²) in [5.74, 6) is 0.353. The van der Waals surface area contributed by atoms with Crippen molar-refractivity contribution in [2.24, 2.45) is 5.92 Å². The summed E-state index contributed by atoms with van der Waals surface area (Å²) < 4.78 is 1.97. The Morgan fingerprint density at radius 3 is 2.59 bits per heavy atom. The van der Waals surface area contributed by atoms with E-state index in [9.17, 15) is 14.7 Å². The molecule has 1 aliphatic carbocycles. The van der Waals surface area contributed by atoms with Crippen molar-refractivity contribution in [1.82, 2.24) is 19.5 Å². The van der Waals surface area contributed by atoms with Gasteiger partial charge in [0.2, 0.25) is 5.95 Å². The van der Waals surface area contributed by atoms with E-state index < -0.39 is 5.97 Å². The van der Waals surface area contributed by atoms with Crippen LogP contribution in [0.1, 0.15) is 50.8 Å². The molecule has 0 spiro atoms. The molecule has 1 saturated carbocycles. The second-order valence-corrected chi connectivity index (χ2v) is 7.59. The quantitative estimate of drug-likeness (QED) is 0.587. The van der Waals surface area contributed by atoms with E-state index in [2.05, 4.69) is 22.2 Å². The molecule has 2 aromatic heterocycles. The number of H-pyrrole nitrogens is 1. The third kappa shape index (κ3) is 3.87. The van der Waals surface area contributed by atoms with Crippen LogP contribution in [0.5, 0.6) is 0 Å². The van der Waals surface area contributed by atoms with E-state index in [1.807, 2.05) is 34.9 Å². The van der Waals surface area contributed by atoms with E-state index in [-0.39, 0.29) is 17.4 Å². The molecular weight excluding hydrogens is 370 g/mol. The van der Waals surface area contributed by atoms with Gasteiger partial charge in [-0.3, -0.25) is 14.6 Å². The van der Waals surface area contributed by atoms with E-state index in [0.29, 0.717) is 36.5 Å². The summed E-state index contributed by atoms with van der Waals surface area (Å²) >= 11 is 0. The number of aliphatic carboxylic acids is 1. The minimum absolute atomic E-state index is 0.149. The number of carbonyl (C=O) groups is 1. The number of hydrogen-bond donors (Lipinski definition) is 3.